The first-order chi connectivity index (χ1) is 13.5. The van der Waals surface area contributed by atoms with E-state index >= 15 is 0 Å². The normalized spacial score (nSPS) is 12.0. The number of alkyl halides is 3. The van der Waals surface area contributed by atoms with Gasteiger partial charge >= 0.3 is 0 Å². The molecule has 0 saturated heterocycles. The molecule has 0 saturated carbocycles. The highest BCUT2D eigenvalue weighted by Crippen LogP contribution is 2.31. The van der Waals surface area contributed by atoms with Crippen LogP contribution < -0.4 is 16.0 Å². The molecule has 0 fully saturated rings. The first-order valence-corrected chi connectivity index (χ1v) is 9.92. The fourth-order valence-electron chi connectivity index (χ4n) is 2.07. The average Bonchev–Trinajstić information content (AvgIpc) is 2.63. The minimum absolute atomic E-state index is 0.00623. The van der Waals surface area contributed by atoms with Crippen LogP contribution in [0.3, 0.4) is 0 Å². The van der Waals surface area contributed by atoms with E-state index in [0.29, 0.717) is 15.7 Å². The van der Waals surface area contributed by atoms with Gasteiger partial charge in [-0.15, -0.1) is 0 Å². The van der Waals surface area contributed by atoms with Gasteiger partial charge in [0.15, 0.2) is 5.11 Å². The number of nitro groups is 1. The Labute approximate surface area is 195 Å². The molecule has 2 rings (SSSR count). The summed E-state index contributed by atoms with van der Waals surface area (Å²) in [4.78, 5) is 22.7. The lowest BCUT2D eigenvalue weighted by Crippen LogP contribution is -2.56. The summed E-state index contributed by atoms with van der Waals surface area (Å²) in [6.45, 7) is 0. The van der Waals surface area contributed by atoms with Gasteiger partial charge in [-0.2, -0.15) is 0 Å². The Kier molecular flexibility index (Phi) is 8.16. The second kappa shape index (κ2) is 9.97. The first kappa shape index (κ1) is 23.7. The summed E-state index contributed by atoms with van der Waals surface area (Å²) in [5, 5.41) is 19.3. The Balaban J connectivity index is 2.16. The van der Waals surface area contributed by atoms with Gasteiger partial charge < -0.3 is 16.0 Å². The quantitative estimate of drug-likeness (QED) is 0.164. The molecule has 0 spiro atoms. The van der Waals surface area contributed by atoms with Crippen molar-refractivity contribution in [3.8, 4) is 0 Å². The number of anilines is 1. The van der Waals surface area contributed by atoms with Crippen LogP contribution in [0.2, 0.25) is 10.0 Å². The van der Waals surface area contributed by atoms with Gasteiger partial charge in [0.05, 0.1) is 20.7 Å². The summed E-state index contributed by atoms with van der Waals surface area (Å²) in [5.41, 5.74) is 0.0521. The van der Waals surface area contributed by atoms with Gasteiger partial charge in [-0.25, -0.2) is 0 Å². The molecule has 2 aromatic rings. The molecule has 2 aromatic carbocycles. The van der Waals surface area contributed by atoms with Crippen molar-refractivity contribution in [2.24, 2.45) is 0 Å². The standard InChI is InChI=1S/C16H11Cl5N4O3S/c17-10-5-2-6-11(18)12(10)22-15(29)24-14(16(19,20)21)23-13(26)8-3-1-4-9(7-8)25(27)28/h1-7,14H,(H,23,26)(H2,22,24,29)/t14-/m1/s1. The fourth-order valence-corrected chi connectivity index (χ4v) is 3.11. The molecule has 0 heterocycles. The third-order valence-electron chi connectivity index (χ3n) is 3.40. The smallest absolute Gasteiger partial charge is 0.270 e. The second-order valence-electron chi connectivity index (χ2n) is 5.45. The number of nitrogens with zero attached hydrogens (tertiary/aromatic N) is 1. The lowest BCUT2D eigenvalue weighted by Gasteiger charge is -2.28. The van der Waals surface area contributed by atoms with Gasteiger partial charge in [-0.1, -0.05) is 70.1 Å². The molecule has 0 aliphatic carbocycles. The lowest BCUT2D eigenvalue weighted by molar-refractivity contribution is -0.384. The molecule has 154 valence electrons. The summed E-state index contributed by atoms with van der Waals surface area (Å²) < 4.78 is -2.02. The maximum atomic E-state index is 12.5. The van der Waals surface area contributed by atoms with Crippen LogP contribution in [0.5, 0.6) is 0 Å². The SMILES string of the molecule is O=C(N[C@H](NC(=S)Nc1c(Cl)cccc1Cl)C(Cl)(Cl)Cl)c1cccc([N+](=O)[O-])c1. The predicted molar refractivity (Wildman–Crippen MR) is 120 cm³/mol. The van der Waals surface area contributed by atoms with Crippen molar-refractivity contribution in [3.05, 3.63) is 68.2 Å². The molecule has 0 aromatic heterocycles. The molecule has 1 amide bonds. The zero-order chi connectivity index (χ0) is 21.8. The van der Waals surface area contributed by atoms with Gasteiger partial charge in [-0.3, -0.25) is 14.9 Å². The van der Waals surface area contributed by atoms with Crippen molar-refractivity contribution in [1.29, 1.82) is 0 Å². The van der Waals surface area contributed by atoms with Crippen LogP contribution in [0, 0.1) is 10.1 Å². The van der Waals surface area contributed by atoms with E-state index < -0.39 is 20.8 Å². The number of hydrogen-bond donors (Lipinski definition) is 3. The van der Waals surface area contributed by atoms with Gasteiger partial charge in [-0.05, 0) is 30.4 Å². The number of carbonyl (C=O) groups excluding carboxylic acids is 1. The highest BCUT2D eigenvalue weighted by Gasteiger charge is 2.35. The Morgan fingerprint density at radius 3 is 2.21 bits per heavy atom. The van der Waals surface area contributed by atoms with E-state index in [0.717, 1.165) is 6.07 Å². The lowest BCUT2D eigenvalue weighted by atomic mass is 10.2. The third kappa shape index (κ3) is 6.74. The maximum absolute atomic E-state index is 12.5. The summed E-state index contributed by atoms with van der Waals surface area (Å²) >= 11 is 35.1. The number of halogens is 5. The number of thiocarbonyl (C=S) groups is 1. The molecule has 29 heavy (non-hydrogen) atoms. The third-order valence-corrected chi connectivity index (χ3v) is 4.90. The molecular formula is C16H11Cl5N4O3S. The molecular weight excluding hydrogens is 506 g/mol. The zero-order valence-corrected chi connectivity index (χ0v) is 18.7. The molecule has 0 aliphatic rings. The van der Waals surface area contributed by atoms with E-state index in [9.17, 15) is 14.9 Å². The van der Waals surface area contributed by atoms with Crippen molar-refractivity contribution >= 4 is 92.6 Å². The molecule has 7 nitrogen and oxygen atoms in total. The van der Waals surface area contributed by atoms with E-state index in [4.69, 9.17) is 70.2 Å². The Morgan fingerprint density at radius 1 is 1.07 bits per heavy atom. The van der Waals surface area contributed by atoms with Crippen LogP contribution >= 0.6 is 70.2 Å². The van der Waals surface area contributed by atoms with Crippen LogP contribution in [-0.2, 0) is 0 Å². The number of para-hydroxylation sites is 1. The van der Waals surface area contributed by atoms with E-state index in [1.165, 1.54) is 18.2 Å². The fraction of sp³-hybridized carbons (Fsp3) is 0.125. The second-order valence-corrected chi connectivity index (χ2v) is 9.04. The summed E-state index contributed by atoms with van der Waals surface area (Å²) in [6, 6.07) is 9.90. The Hall–Kier alpha value is -1.55. The topological polar surface area (TPSA) is 96.3 Å². The van der Waals surface area contributed by atoms with E-state index in [1.54, 1.807) is 18.2 Å². The van der Waals surface area contributed by atoms with Crippen molar-refractivity contribution in [2.45, 2.75) is 9.96 Å². The number of benzene rings is 2. The highest BCUT2D eigenvalue weighted by molar-refractivity contribution is 7.80. The van der Waals surface area contributed by atoms with Gasteiger partial charge in [0.1, 0.15) is 6.17 Å². The number of amides is 1. The molecule has 13 heteroatoms. The number of nitro benzene ring substituents is 1. The molecule has 3 N–H and O–H groups in total. The number of non-ortho nitro benzene ring substituents is 1. The monoisotopic (exact) mass is 514 g/mol. The Bertz CT molecular complexity index is 934. The highest BCUT2D eigenvalue weighted by atomic mass is 35.6. The molecule has 0 radical (unpaired) electrons. The van der Waals surface area contributed by atoms with Crippen LogP contribution in [0.4, 0.5) is 11.4 Å². The van der Waals surface area contributed by atoms with Gasteiger partial charge in [0.25, 0.3) is 11.6 Å². The van der Waals surface area contributed by atoms with E-state index in [1.807, 2.05) is 0 Å². The van der Waals surface area contributed by atoms with Gasteiger partial charge in [0, 0.05) is 17.7 Å². The van der Waals surface area contributed by atoms with Crippen LogP contribution in [0.25, 0.3) is 0 Å². The minimum Gasteiger partial charge on any atom is -0.339 e. The maximum Gasteiger partial charge on any atom is 0.270 e. The van der Waals surface area contributed by atoms with Crippen LogP contribution in [-0.4, -0.2) is 25.9 Å². The van der Waals surface area contributed by atoms with Crippen molar-refractivity contribution in [3.63, 3.8) is 0 Å². The molecule has 0 unspecified atom stereocenters. The molecule has 0 aliphatic heterocycles. The summed E-state index contributed by atoms with van der Waals surface area (Å²) in [6.07, 6.45) is -1.29. The van der Waals surface area contributed by atoms with Crippen molar-refractivity contribution < 1.29 is 9.72 Å². The van der Waals surface area contributed by atoms with Gasteiger partial charge in [0.2, 0.25) is 3.79 Å². The summed E-state index contributed by atoms with van der Waals surface area (Å²) in [5.74, 6) is -0.726. The minimum atomic E-state index is -2.02. The van der Waals surface area contributed by atoms with E-state index in [-0.39, 0.29) is 16.4 Å². The number of nitrogens with one attached hydrogen (secondary N) is 3. The van der Waals surface area contributed by atoms with Crippen LogP contribution in [0.15, 0.2) is 42.5 Å². The molecule has 1 atom stereocenters. The van der Waals surface area contributed by atoms with Crippen LogP contribution in [0.1, 0.15) is 10.4 Å². The number of rotatable bonds is 5. The van der Waals surface area contributed by atoms with Crippen molar-refractivity contribution in [1.82, 2.24) is 10.6 Å². The molecule has 0 bridgehead atoms. The summed E-state index contributed by atoms with van der Waals surface area (Å²) in [7, 11) is 0. The number of hydrogen-bond acceptors (Lipinski definition) is 4. The zero-order valence-electron chi connectivity index (χ0n) is 14.1. The Morgan fingerprint density at radius 2 is 1.66 bits per heavy atom. The van der Waals surface area contributed by atoms with E-state index in [2.05, 4.69) is 16.0 Å². The average molecular weight is 517 g/mol. The van der Waals surface area contributed by atoms with Crippen molar-refractivity contribution in [2.75, 3.05) is 5.32 Å². The largest absolute Gasteiger partial charge is 0.339 e. The number of carbonyl (C=O) groups is 1. The first-order valence-electron chi connectivity index (χ1n) is 7.62. The predicted octanol–water partition coefficient (Wildman–Crippen LogP) is 5.31.